The number of pyridine rings is 1. The first-order chi connectivity index (χ1) is 27.6. The molecule has 6 nitrogen and oxygen atoms in total. The van der Waals surface area contributed by atoms with Gasteiger partial charge in [-0.2, -0.15) is 10.5 Å². The fourth-order valence-corrected chi connectivity index (χ4v) is 8.15. The molecule has 10 rings (SSSR count). The Bertz CT molecular complexity index is 3350. The summed E-state index contributed by atoms with van der Waals surface area (Å²) in [6.07, 6.45) is 3.60. The number of rotatable bonds is 5. The van der Waals surface area contributed by atoms with Gasteiger partial charge >= 0.3 is 0 Å². The quantitative estimate of drug-likeness (QED) is 0.167. The standard InChI is InChI=1S/C50H28N6/c1-53-39-11-7-10-35(25-39)37-17-18-47-43(27-37)40-12-2-4-14-45(40)55(47)49-29-42(33-20-22-54-23-21-33)50(28-38(49)31-52)56-46-15-5-3-13-41(46)44-26-36(16-19-48(44)56)34-9-6-8-32(24-34)30-51/h2-29H. The molecule has 3 aromatic heterocycles. The molecule has 0 radical (unpaired) electrons. The van der Waals surface area contributed by atoms with Crippen LogP contribution >= 0.6 is 0 Å². The van der Waals surface area contributed by atoms with Gasteiger partial charge in [-0.05, 0) is 107 Å². The van der Waals surface area contributed by atoms with Gasteiger partial charge in [0, 0.05) is 39.5 Å². The van der Waals surface area contributed by atoms with Crippen LogP contribution in [-0.2, 0) is 0 Å². The lowest BCUT2D eigenvalue weighted by atomic mass is 9.99. The molecule has 0 unspecified atom stereocenters. The van der Waals surface area contributed by atoms with E-state index in [1.807, 2.05) is 84.9 Å². The summed E-state index contributed by atoms with van der Waals surface area (Å²) in [7, 11) is 0. The summed E-state index contributed by atoms with van der Waals surface area (Å²) in [4.78, 5) is 7.99. The van der Waals surface area contributed by atoms with Crippen molar-refractivity contribution in [1.82, 2.24) is 14.1 Å². The van der Waals surface area contributed by atoms with Crippen LogP contribution in [0.3, 0.4) is 0 Å². The molecule has 6 heteroatoms. The maximum absolute atomic E-state index is 11.0. The van der Waals surface area contributed by atoms with Gasteiger partial charge in [0.05, 0.1) is 57.2 Å². The fourth-order valence-electron chi connectivity index (χ4n) is 8.15. The Balaban J connectivity index is 1.24. The second kappa shape index (κ2) is 13.0. The molecular weight excluding hydrogens is 685 g/mol. The average molecular weight is 713 g/mol. The van der Waals surface area contributed by atoms with Crippen LogP contribution in [-0.4, -0.2) is 14.1 Å². The summed E-state index contributed by atoms with van der Waals surface area (Å²) in [5.41, 5.74) is 13.3. The topological polar surface area (TPSA) is 74.7 Å². The third-order valence-corrected chi connectivity index (χ3v) is 10.7. The van der Waals surface area contributed by atoms with Crippen molar-refractivity contribution in [1.29, 1.82) is 10.5 Å². The molecule has 0 aliphatic carbocycles. The first-order valence-electron chi connectivity index (χ1n) is 18.2. The highest BCUT2D eigenvalue weighted by Crippen LogP contribution is 2.42. The summed E-state index contributed by atoms with van der Waals surface area (Å²) >= 11 is 0. The molecule has 0 saturated carbocycles. The molecule has 0 aliphatic heterocycles. The van der Waals surface area contributed by atoms with E-state index in [4.69, 9.17) is 6.57 Å². The molecule has 0 spiro atoms. The van der Waals surface area contributed by atoms with E-state index < -0.39 is 0 Å². The van der Waals surface area contributed by atoms with Gasteiger partial charge in [0.1, 0.15) is 6.07 Å². The second-order valence-electron chi connectivity index (χ2n) is 13.8. The summed E-state index contributed by atoms with van der Waals surface area (Å²) in [5.74, 6) is 0. The minimum absolute atomic E-state index is 0.533. The molecule has 10 aromatic rings. The minimum Gasteiger partial charge on any atom is -0.309 e. The Hall–Kier alpha value is -8.24. The third kappa shape index (κ3) is 5.12. The van der Waals surface area contributed by atoms with Crippen molar-refractivity contribution in [3.63, 3.8) is 0 Å². The van der Waals surface area contributed by atoms with Gasteiger partial charge in [-0.3, -0.25) is 4.98 Å². The van der Waals surface area contributed by atoms with Crippen molar-refractivity contribution in [3.8, 4) is 56.9 Å². The highest BCUT2D eigenvalue weighted by atomic mass is 15.0. The highest BCUT2D eigenvalue weighted by molar-refractivity contribution is 6.12. The number of nitriles is 2. The summed E-state index contributed by atoms with van der Waals surface area (Å²) in [6.45, 7) is 7.53. The number of nitrogens with zero attached hydrogens (tertiary/aromatic N) is 6. The second-order valence-corrected chi connectivity index (χ2v) is 13.8. The van der Waals surface area contributed by atoms with E-state index in [1.54, 1.807) is 12.4 Å². The molecule has 258 valence electrons. The van der Waals surface area contributed by atoms with Crippen molar-refractivity contribution >= 4 is 49.3 Å². The number of hydrogen-bond donors (Lipinski definition) is 0. The molecule has 7 aromatic carbocycles. The first-order valence-corrected chi connectivity index (χ1v) is 18.2. The molecule has 0 aliphatic rings. The van der Waals surface area contributed by atoms with Crippen LogP contribution in [0.2, 0.25) is 0 Å². The van der Waals surface area contributed by atoms with Gasteiger partial charge < -0.3 is 9.13 Å². The Morgan fingerprint density at radius 1 is 0.464 bits per heavy atom. The van der Waals surface area contributed by atoms with Crippen LogP contribution in [0.4, 0.5) is 5.69 Å². The lowest BCUT2D eigenvalue weighted by molar-refractivity contribution is 1.13. The van der Waals surface area contributed by atoms with Crippen molar-refractivity contribution in [2.75, 3.05) is 0 Å². The van der Waals surface area contributed by atoms with Crippen molar-refractivity contribution in [2.24, 2.45) is 0 Å². The average Bonchev–Trinajstić information content (AvgIpc) is 3.78. The number of fused-ring (bicyclic) bond motifs is 6. The van der Waals surface area contributed by atoms with E-state index in [1.165, 1.54) is 0 Å². The van der Waals surface area contributed by atoms with Gasteiger partial charge in [-0.1, -0.05) is 78.9 Å². The predicted octanol–water partition coefficient (Wildman–Crippen LogP) is 12.6. The van der Waals surface area contributed by atoms with Gasteiger partial charge in [0.2, 0.25) is 0 Å². The van der Waals surface area contributed by atoms with Gasteiger partial charge in [0.15, 0.2) is 5.69 Å². The van der Waals surface area contributed by atoms with Crippen LogP contribution in [0.25, 0.3) is 93.2 Å². The zero-order valence-electron chi connectivity index (χ0n) is 29.8. The minimum atomic E-state index is 0.533. The van der Waals surface area contributed by atoms with E-state index in [2.05, 4.69) is 104 Å². The number of para-hydroxylation sites is 2. The highest BCUT2D eigenvalue weighted by Gasteiger charge is 2.22. The Labute approximate surface area is 322 Å². The SMILES string of the molecule is [C-]#[N+]c1cccc(-c2ccc3c(c2)c2ccccc2n3-c2cc(-c3ccncc3)c(-n3c4ccccc4c4cc(-c5cccc(C#N)c5)ccc43)cc2C#N)c1. The molecule has 3 heterocycles. The van der Waals surface area contributed by atoms with Gasteiger partial charge in [0.25, 0.3) is 0 Å². The zero-order chi connectivity index (χ0) is 37.8. The Morgan fingerprint density at radius 3 is 1.66 bits per heavy atom. The maximum atomic E-state index is 11.0. The van der Waals surface area contributed by atoms with Crippen LogP contribution in [0, 0.1) is 29.2 Å². The maximum Gasteiger partial charge on any atom is 0.187 e. The third-order valence-electron chi connectivity index (χ3n) is 10.7. The van der Waals surface area contributed by atoms with Crippen LogP contribution in [0.15, 0.2) is 170 Å². The monoisotopic (exact) mass is 712 g/mol. The van der Waals surface area contributed by atoms with Crippen LogP contribution < -0.4 is 0 Å². The van der Waals surface area contributed by atoms with Crippen molar-refractivity contribution in [2.45, 2.75) is 0 Å². The first kappa shape index (κ1) is 32.4. The van der Waals surface area contributed by atoms with Crippen LogP contribution in [0.5, 0.6) is 0 Å². The summed E-state index contributed by atoms with van der Waals surface area (Å²) < 4.78 is 4.46. The molecule has 0 N–H and O–H groups in total. The molecule has 0 saturated heterocycles. The molecule has 0 amide bonds. The molecule has 56 heavy (non-hydrogen) atoms. The molecule has 0 fully saturated rings. The number of benzene rings is 7. The molecular formula is C50H28N6. The summed E-state index contributed by atoms with van der Waals surface area (Å²) in [5, 5.41) is 24.9. The van der Waals surface area contributed by atoms with Crippen molar-refractivity contribution in [3.05, 3.63) is 193 Å². The van der Waals surface area contributed by atoms with E-state index in [9.17, 15) is 10.5 Å². The van der Waals surface area contributed by atoms with E-state index in [0.29, 0.717) is 16.8 Å². The predicted molar refractivity (Wildman–Crippen MR) is 225 cm³/mol. The summed E-state index contributed by atoms with van der Waals surface area (Å²) in [6, 6.07) is 57.9. The van der Waals surface area contributed by atoms with E-state index in [-0.39, 0.29) is 0 Å². The van der Waals surface area contributed by atoms with Gasteiger partial charge in [-0.25, -0.2) is 4.85 Å². The lowest BCUT2D eigenvalue weighted by Gasteiger charge is -2.19. The van der Waals surface area contributed by atoms with Gasteiger partial charge in [-0.15, -0.1) is 0 Å². The van der Waals surface area contributed by atoms with Crippen LogP contribution in [0.1, 0.15) is 11.1 Å². The molecule has 0 atom stereocenters. The largest absolute Gasteiger partial charge is 0.309 e. The Morgan fingerprint density at radius 2 is 1.04 bits per heavy atom. The smallest absolute Gasteiger partial charge is 0.187 e. The fraction of sp³-hybridized carbons (Fsp3) is 0. The Kier molecular flexibility index (Phi) is 7.53. The molecule has 0 bridgehead atoms. The lowest BCUT2D eigenvalue weighted by Crippen LogP contribution is -2.04. The zero-order valence-corrected chi connectivity index (χ0v) is 29.8. The normalized spacial score (nSPS) is 11.2. The van der Waals surface area contributed by atoms with E-state index in [0.717, 1.165) is 88.4 Å². The number of hydrogen-bond acceptors (Lipinski definition) is 3. The van der Waals surface area contributed by atoms with E-state index >= 15 is 0 Å². The van der Waals surface area contributed by atoms with Crippen molar-refractivity contribution < 1.29 is 0 Å². The number of aromatic nitrogens is 3.